The molecule has 0 amide bonds. The Morgan fingerprint density at radius 2 is 1.64 bits per heavy atom. The molecule has 166 valence electrons. The van der Waals surface area contributed by atoms with Crippen molar-refractivity contribution in [2.45, 2.75) is 20.8 Å². The van der Waals surface area contributed by atoms with Crippen LogP contribution in [-0.4, -0.2) is 26.0 Å². The van der Waals surface area contributed by atoms with Crippen molar-refractivity contribution in [3.05, 3.63) is 93.4 Å². The molecular formula is C25H22N4O4. The van der Waals surface area contributed by atoms with Gasteiger partial charge in [0, 0.05) is 5.56 Å². The fourth-order valence-electron chi connectivity index (χ4n) is 3.69. The lowest BCUT2D eigenvalue weighted by Crippen LogP contribution is -2.14. The second-order valence-corrected chi connectivity index (χ2v) is 7.83. The first-order valence-electron chi connectivity index (χ1n) is 10.2. The second kappa shape index (κ2) is 8.58. The van der Waals surface area contributed by atoms with Crippen LogP contribution in [0.1, 0.15) is 27.2 Å². The van der Waals surface area contributed by atoms with Gasteiger partial charge in [-0.25, -0.2) is 9.48 Å². The quantitative estimate of drug-likeness (QED) is 0.350. The van der Waals surface area contributed by atoms with Crippen LogP contribution >= 0.6 is 0 Å². The van der Waals surface area contributed by atoms with Crippen molar-refractivity contribution in [3.8, 4) is 22.6 Å². The maximum Gasteiger partial charge on any atom is 0.335 e. The van der Waals surface area contributed by atoms with Gasteiger partial charge in [-0.15, -0.1) is 10.2 Å². The lowest BCUT2D eigenvalue weighted by Gasteiger charge is -2.07. The molecule has 3 aromatic carbocycles. The summed E-state index contributed by atoms with van der Waals surface area (Å²) in [6.45, 7) is 5.64. The minimum atomic E-state index is -1.06. The highest BCUT2D eigenvalue weighted by atomic mass is 16.4. The third kappa shape index (κ3) is 4.31. The molecule has 4 aromatic rings. The zero-order valence-corrected chi connectivity index (χ0v) is 18.3. The predicted molar refractivity (Wildman–Crippen MR) is 125 cm³/mol. The van der Waals surface area contributed by atoms with Crippen molar-refractivity contribution >= 4 is 17.3 Å². The molecule has 33 heavy (non-hydrogen) atoms. The number of para-hydroxylation sites is 1. The van der Waals surface area contributed by atoms with Gasteiger partial charge in [0.15, 0.2) is 11.4 Å². The molecule has 0 saturated heterocycles. The number of aromatic hydroxyl groups is 1. The minimum Gasteiger partial charge on any atom is -0.505 e. The molecule has 0 radical (unpaired) electrons. The van der Waals surface area contributed by atoms with Crippen LogP contribution in [-0.2, 0) is 0 Å². The van der Waals surface area contributed by atoms with Crippen LogP contribution in [0.5, 0.6) is 5.75 Å². The maximum absolute atomic E-state index is 13.0. The van der Waals surface area contributed by atoms with Crippen molar-refractivity contribution in [2.24, 2.45) is 10.2 Å². The molecule has 1 aromatic heterocycles. The van der Waals surface area contributed by atoms with Crippen molar-refractivity contribution in [1.29, 1.82) is 0 Å². The summed E-state index contributed by atoms with van der Waals surface area (Å²) in [5.74, 6) is -1.22. The number of nitrogens with zero attached hydrogens (tertiary/aromatic N) is 3. The van der Waals surface area contributed by atoms with E-state index in [9.17, 15) is 19.8 Å². The van der Waals surface area contributed by atoms with Gasteiger partial charge in [0.2, 0.25) is 0 Å². The summed E-state index contributed by atoms with van der Waals surface area (Å²) in [6.07, 6.45) is 0. The zero-order valence-electron chi connectivity index (χ0n) is 18.3. The molecule has 0 bridgehead atoms. The Hall–Kier alpha value is -4.46. The van der Waals surface area contributed by atoms with Crippen LogP contribution in [0.3, 0.4) is 0 Å². The molecule has 4 rings (SSSR count). The Kier molecular flexibility index (Phi) is 5.66. The number of aryl methyl sites for hydroxylation is 3. The molecule has 0 aliphatic carbocycles. The second-order valence-electron chi connectivity index (χ2n) is 7.83. The first-order valence-corrected chi connectivity index (χ1v) is 10.2. The van der Waals surface area contributed by atoms with Crippen LogP contribution in [0.15, 0.2) is 75.7 Å². The molecule has 3 N–H and O–H groups in total. The Balaban J connectivity index is 1.72. The van der Waals surface area contributed by atoms with Gasteiger partial charge in [-0.1, -0.05) is 30.3 Å². The van der Waals surface area contributed by atoms with E-state index in [-0.39, 0.29) is 28.2 Å². The summed E-state index contributed by atoms with van der Waals surface area (Å²) in [5.41, 5.74) is 4.27. The number of aromatic carboxylic acids is 1. The van der Waals surface area contributed by atoms with Crippen molar-refractivity contribution < 1.29 is 15.0 Å². The van der Waals surface area contributed by atoms with Crippen LogP contribution in [0.4, 0.5) is 11.4 Å². The molecule has 0 atom stereocenters. The van der Waals surface area contributed by atoms with E-state index in [0.29, 0.717) is 22.5 Å². The molecular weight excluding hydrogens is 420 g/mol. The molecule has 0 aliphatic rings. The summed E-state index contributed by atoms with van der Waals surface area (Å²) in [4.78, 5) is 24.2. The lowest BCUT2D eigenvalue weighted by atomic mass is 10.0. The number of hydrogen-bond acceptors (Lipinski definition) is 5. The summed E-state index contributed by atoms with van der Waals surface area (Å²) >= 11 is 0. The predicted octanol–water partition coefficient (Wildman–Crippen LogP) is 5.58. The molecule has 1 heterocycles. The fraction of sp³-hybridized carbons (Fsp3) is 0.120. The molecule has 8 heteroatoms. The molecule has 0 saturated carbocycles. The molecule has 0 unspecified atom stereocenters. The third-order valence-electron chi connectivity index (χ3n) is 5.20. The largest absolute Gasteiger partial charge is 0.505 e. The van der Waals surface area contributed by atoms with Crippen LogP contribution in [0.2, 0.25) is 0 Å². The van der Waals surface area contributed by atoms with Gasteiger partial charge in [-0.3, -0.25) is 9.89 Å². The number of carboxylic acids is 1. The molecule has 0 aliphatic heterocycles. The maximum atomic E-state index is 13.0. The lowest BCUT2D eigenvalue weighted by molar-refractivity contribution is 0.0697. The van der Waals surface area contributed by atoms with E-state index in [0.717, 1.165) is 11.1 Å². The van der Waals surface area contributed by atoms with Gasteiger partial charge in [-0.05, 0) is 67.8 Å². The Morgan fingerprint density at radius 3 is 2.33 bits per heavy atom. The van der Waals surface area contributed by atoms with Crippen molar-refractivity contribution in [2.75, 3.05) is 0 Å². The standard InChI is InChI=1S/C25H22N4O4/c1-14-10-15(2)12-19(11-14)29-24(31)22(16(3)28-29)27-26-21-9-5-8-20(23(21)30)17-6-4-7-18(13-17)25(32)33/h4-13,28,30H,1-3H3,(H,32,33). The monoisotopic (exact) mass is 442 g/mol. The van der Waals surface area contributed by atoms with Crippen molar-refractivity contribution in [1.82, 2.24) is 9.78 Å². The zero-order chi connectivity index (χ0) is 23.7. The van der Waals surface area contributed by atoms with E-state index >= 15 is 0 Å². The van der Waals surface area contributed by atoms with Gasteiger partial charge < -0.3 is 10.2 Å². The first kappa shape index (κ1) is 21.8. The van der Waals surface area contributed by atoms with Gasteiger partial charge in [-0.2, -0.15) is 0 Å². The van der Waals surface area contributed by atoms with Crippen molar-refractivity contribution in [3.63, 3.8) is 0 Å². The van der Waals surface area contributed by atoms with Crippen LogP contribution < -0.4 is 5.56 Å². The van der Waals surface area contributed by atoms with E-state index in [1.54, 1.807) is 37.3 Å². The average Bonchev–Trinajstić information content (AvgIpc) is 3.06. The number of carboxylic acid groups (broad SMARTS) is 1. The highest BCUT2D eigenvalue weighted by Crippen LogP contribution is 2.38. The number of hydrogen-bond donors (Lipinski definition) is 3. The van der Waals surface area contributed by atoms with E-state index in [2.05, 4.69) is 15.3 Å². The third-order valence-corrected chi connectivity index (χ3v) is 5.20. The van der Waals surface area contributed by atoms with Crippen LogP contribution in [0.25, 0.3) is 16.8 Å². The number of carbonyl (C=O) groups is 1. The topological polar surface area (TPSA) is 120 Å². The minimum absolute atomic E-state index is 0.105. The number of phenolic OH excluding ortho intramolecular Hbond substituents is 1. The summed E-state index contributed by atoms with van der Waals surface area (Å²) in [5, 5.41) is 31.2. The van der Waals surface area contributed by atoms with Gasteiger partial charge >= 0.3 is 5.97 Å². The average molecular weight is 442 g/mol. The first-order chi connectivity index (χ1) is 15.7. The Morgan fingerprint density at radius 1 is 0.939 bits per heavy atom. The molecule has 8 nitrogen and oxygen atoms in total. The molecule has 0 spiro atoms. The number of aromatic nitrogens is 2. The molecule has 0 fully saturated rings. The van der Waals surface area contributed by atoms with Crippen LogP contribution in [0, 0.1) is 20.8 Å². The van der Waals surface area contributed by atoms with E-state index < -0.39 is 5.97 Å². The van der Waals surface area contributed by atoms with Gasteiger partial charge in [0.1, 0.15) is 5.69 Å². The number of H-pyrrole nitrogens is 1. The number of azo groups is 1. The number of rotatable bonds is 5. The van der Waals surface area contributed by atoms with E-state index in [4.69, 9.17) is 0 Å². The number of aromatic amines is 1. The highest BCUT2D eigenvalue weighted by Gasteiger charge is 2.14. The summed E-state index contributed by atoms with van der Waals surface area (Å²) in [7, 11) is 0. The van der Waals surface area contributed by atoms with E-state index in [1.807, 2.05) is 32.0 Å². The fourth-order valence-corrected chi connectivity index (χ4v) is 3.69. The smallest absolute Gasteiger partial charge is 0.335 e. The number of nitrogens with one attached hydrogen (secondary N) is 1. The summed E-state index contributed by atoms with van der Waals surface area (Å²) < 4.78 is 1.41. The number of phenols is 1. The summed E-state index contributed by atoms with van der Waals surface area (Å²) in [6, 6.07) is 16.9. The van der Waals surface area contributed by atoms with Gasteiger partial charge in [0.25, 0.3) is 5.56 Å². The Bertz CT molecular complexity index is 1440. The highest BCUT2D eigenvalue weighted by molar-refractivity contribution is 5.90. The number of benzene rings is 3. The van der Waals surface area contributed by atoms with E-state index in [1.165, 1.54) is 16.8 Å². The SMILES string of the molecule is Cc1cc(C)cc(-n2[nH]c(C)c(N=Nc3cccc(-c4cccc(C(=O)O)c4)c3O)c2=O)c1. The Labute approximate surface area is 189 Å². The van der Waals surface area contributed by atoms with Gasteiger partial charge in [0.05, 0.1) is 16.9 Å². The normalized spacial score (nSPS) is 11.2.